The fraction of sp³-hybridized carbons (Fsp3) is 0.280. The van der Waals surface area contributed by atoms with Gasteiger partial charge in [0.25, 0.3) is 0 Å². The van der Waals surface area contributed by atoms with Gasteiger partial charge in [0, 0.05) is 30.9 Å². The molecule has 0 saturated heterocycles. The van der Waals surface area contributed by atoms with Crippen molar-refractivity contribution in [2.45, 2.75) is 40.3 Å². The maximum atomic E-state index is 12.4. The minimum Gasteiger partial charge on any atom is -0.462 e. The number of nitrogens with one attached hydrogen (secondary N) is 1. The SMILES string of the molecule is CCOC(=O)c1cc(-c2ccccc2)n(CCC(=O)NCc2ccc(C)cc2)c1C. The van der Waals surface area contributed by atoms with E-state index in [9.17, 15) is 9.59 Å². The summed E-state index contributed by atoms with van der Waals surface area (Å²) in [4.78, 5) is 24.8. The molecule has 1 aromatic heterocycles. The number of hydrogen-bond acceptors (Lipinski definition) is 3. The standard InChI is InChI=1S/C25H28N2O3/c1-4-30-25(29)22-16-23(21-8-6-5-7-9-21)27(19(22)3)15-14-24(28)26-17-20-12-10-18(2)11-13-20/h5-13,16H,4,14-15,17H2,1-3H3,(H,26,28). The number of esters is 1. The van der Waals surface area contributed by atoms with Crippen molar-refractivity contribution >= 4 is 11.9 Å². The molecule has 0 bridgehead atoms. The number of benzene rings is 2. The van der Waals surface area contributed by atoms with Crippen LogP contribution in [0, 0.1) is 13.8 Å². The number of ether oxygens (including phenoxy) is 1. The molecule has 0 fully saturated rings. The maximum absolute atomic E-state index is 12.4. The van der Waals surface area contributed by atoms with E-state index >= 15 is 0 Å². The number of aromatic nitrogens is 1. The predicted molar refractivity (Wildman–Crippen MR) is 118 cm³/mol. The Balaban J connectivity index is 1.74. The zero-order valence-electron chi connectivity index (χ0n) is 17.8. The summed E-state index contributed by atoms with van der Waals surface area (Å²) in [5.41, 5.74) is 5.51. The van der Waals surface area contributed by atoms with Crippen LogP contribution in [-0.2, 0) is 22.6 Å². The van der Waals surface area contributed by atoms with Crippen molar-refractivity contribution in [1.82, 2.24) is 9.88 Å². The van der Waals surface area contributed by atoms with E-state index in [-0.39, 0.29) is 11.9 Å². The second kappa shape index (κ2) is 9.92. The van der Waals surface area contributed by atoms with Gasteiger partial charge in [-0.3, -0.25) is 4.79 Å². The number of carbonyl (C=O) groups is 2. The van der Waals surface area contributed by atoms with Crippen LogP contribution in [-0.4, -0.2) is 23.1 Å². The Hall–Kier alpha value is -3.34. The summed E-state index contributed by atoms with van der Waals surface area (Å²) in [5.74, 6) is -0.366. The molecule has 0 aliphatic rings. The highest BCUT2D eigenvalue weighted by atomic mass is 16.5. The monoisotopic (exact) mass is 404 g/mol. The van der Waals surface area contributed by atoms with Gasteiger partial charge in [0.2, 0.25) is 5.91 Å². The topological polar surface area (TPSA) is 60.3 Å². The highest BCUT2D eigenvalue weighted by Crippen LogP contribution is 2.27. The Labute approximate surface area is 177 Å². The van der Waals surface area contributed by atoms with Crippen LogP contribution in [0.4, 0.5) is 0 Å². The summed E-state index contributed by atoms with van der Waals surface area (Å²) in [6.45, 7) is 7.03. The van der Waals surface area contributed by atoms with Gasteiger partial charge in [-0.25, -0.2) is 4.79 Å². The summed E-state index contributed by atoms with van der Waals surface area (Å²) in [5, 5.41) is 2.97. The minimum absolute atomic E-state index is 0.0274. The number of hydrogen-bond donors (Lipinski definition) is 1. The van der Waals surface area contributed by atoms with Crippen molar-refractivity contribution in [3.8, 4) is 11.3 Å². The number of aryl methyl sites for hydroxylation is 1. The van der Waals surface area contributed by atoms with Gasteiger partial charge >= 0.3 is 5.97 Å². The third-order valence-electron chi connectivity index (χ3n) is 5.10. The van der Waals surface area contributed by atoms with Crippen LogP contribution >= 0.6 is 0 Å². The average Bonchev–Trinajstić information content (AvgIpc) is 3.09. The van der Waals surface area contributed by atoms with E-state index in [1.165, 1.54) is 5.56 Å². The van der Waals surface area contributed by atoms with Crippen LogP contribution in [0.3, 0.4) is 0 Å². The number of carbonyl (C=O) groups excluding carboxylic acids is 2. The average molecular weight is 405 g/mol. The zero-order valence-corrected chi connectivity index (χ0v) is 17.8. The van der Waals surface area contributed by atoms with Crippen LogP contribution in [0.5, 0.6) is 0 Å². The van der Waals surface area contributed by atoms with Gasteiger partial charge in [-0.1, -0.05) is 60.2 Å². The van der Waals surface area contributed by atoms with Gasteiger partial charge in [-0.15, -0.1) is 0 Å². The molecular weight excluding hydrogens is 376 g/mol. The Kier molecular flexibility index (Phi) is 7.07. The molecule has 0 radical (unpaired) electrons. The van der Waals surface area contributed by atoms with Crippen molar-refractivity contribution in [2.75, 3.05) is 6.61 Å². The number of nitrogens with zero attached hydrogens (tertiary/aromatic N) is 1. The molecule has 1 amide bonds. The van der Waals surface area contributed by atoms with E-state index in [4.69, 9.17) is 4.74 Å². The van der Waals surface area contributed by atoms with E-state index in [0.29, 0.717) is 31.7 Å². The first-order valence-electron chi connectivity index (χ1n) is 10.2. The van der Waals surface area contributed by atoms with Gasteiger partial charge in [0.15, 0.2) is 0 Å². The number of rotatable bonds is 8. The summed E-state index contributed by atoms with van der Waals surface area (Å²) in [6, 6.07) is 19.8. The van der Waals surface area contributed by atoms with Gasteiger partial charge in [-0.2, -0.15) is 0 Å². The lowest BCUT2D eigenvalue weighted by molar-refractivity contribution is -0.121. The summed E-state index contributed by atoms with van der Waals surface area (Å²) in [7, 11) is 0. The molecule has 2 aromatic carbocycles. The first-order valence-corrected chi connectivity index (χ1v) is 10.2. The molecule has 0 unspecified atom stereocenters. The zero-order chi connectivity index (χ0) is 21.5. The summed E-state index contributed by atoms with van der Waals surface area (Å²) >= 11 is 0. The second-order valence-corrected chi connectivity index (χ2v) is 7.28. The quantitative estimate of drug-likeness (QED) is 0.556. The molecule has 0 atom stereocenters. The Morgan fingerprint density at radius 2 is 1.70 bits per heavy atom. The van der Waals surface area contributed by atoms with Gasteiger partial charge in [-0.05, 0) is 38.0 Å². The molecule has 0 spiro atoms. The summed E-state index contributed by atoms with van der Waals surface area (Å²) < 4.78 is 7.22. The van der Waals surface area contributed by atoms with E-state index in [1.807, 2.05) is 79.1 Å². The first kappa shape index (κ1) is 21.4. The maximum Gasteiger partial charge on any atom is 0.339 e. The van der Waals surface area contributed by atoms with Crippen molar-refractivity contribution in [1.29, 1.82) is 0 Å². The highest BCUT2D eigenvalue weighted by Gasteiger charge is 2.19. The Morgan fingerprint density at radius 3 is 2.37 bits per heavy atom. The fourth-order valence-corrected chi connectivity index (χ4v) is 3.41. The highest BCUT2D eigenvalue weighted by molar-refractivity contribution is 5.92. The molecule has 0 aliphatic heterocycles. The molecule has 5 nitrogen and oxygen atoms in total. The Bertz CT molecular complexity index is 1000. The largest absolute Gasteiger partial charge is 0.462 e. The van der Waals surface area contributed by atoms with Crippen LogP contribution < -0.4 is 5.32 Å². The molecule has 156 valence electrons. The lowest BCUT2D eigenvalue weighted by Crippen LogP contribution is -2.24. The van der Waals surface area contributed by atoms with Crippen molar-refractivity contribution < 1.29 is 14.3 Å². The molecule has 30 heavy (non-hydrogen) atoms. The normalized spacial score (nSPS) is 10.6. The second-order valence-electron chi connectivity index (χ2n) is 7.28. The predicted octanol–water partition coefficient (Wildman–Crippen LogP) is 4.66. The summed E-state index contributed by atoms with van der Waals surface area (Å²) in [6.07, 6.45) is 0.323. The Morgan fingerprint density at radius 1 is 1.00 bits per heavy atom. The van der Waals surface area contributed by atoms with E-state index < -0.39 is 0 Å². The van der Waals surface area contributed by atoms with E-state index in [2.05, 4.69) is 5.32 Å². The third-order valence-corrected chi connectivity index (χ3v) is 5.10. The van der Waals surface area contributed by atoms with Gasteiger partial charge < -0.3 is 14.6 Å². The third kappa shape index (κ3) is 5.17. The van der Waals surface area contributed by atoms with E-state index in [0.717, 1.165) is 22.5 Å². The van der Waals surface area contributed by atoms with Gasteiger partial charge in [0.1, 0.15) is 0 Å². The number of amides is 1. The molecule has 1 N–H and O–H groups in total. The van der Waals surface area contributed by atoms with Crippen LogP contribution in [0.1, 0.15) is 40.5 Å². The molecule has 3 rings (SSSR count). The van der Waals surface area contributed by atoms with Gasteiger partial charge in [0.05, 0.1) is 12.2 Å². The fourth-order valence-electron chi connectivity index (χ4n) is 3.41. The lowest BCUT2D eigenvalue weighted by Gasteiger charge is -2.12. The first-order chi connectivity index (χ1) is 14.5. The van der Waals surface area contributed by atoms with Crippen LogP contribution in [0.15, 0.2) is 60.7 Å². The van der Waals surface area contributed by atoms with Crippen LogP contribution in [0.25, 0.3) is 11.3 Å². The molecular formula is C25H28N2O3. The lowest BCUT2D eigenvalue weighted by atomic mass is 10.1. The molecule has 3 aromatic rings. The van der Waals surface area contributed by atoms with Crippen molar-refractivity contribution in [2.24, 2.45) is 0 Å². The van der Waals surface area contributed by atoms with Crippen molar-refractivity contribution in [3.05, 3.63) is 83.0 Å². The van der Waals surface area contributed by atoms with Crippen molar-refractivity contribution in [3.63, 3.8) is 0 Å². The van der Waals surface area contributed by atoms with E-state index in [1.54, 1.807) is 6.92 Å². The molecule has 1 heterocycles. The smallest absolute Gasteiger partial charge is 0.339 e. The molecule has 0 saturated carbocycles. The minimum atomic E-state index is -0.338. The van der Waals surface area contributed by atoms with Crippen LogP contribution in [0.2, 0.25) is 0 Å². The molecule has 5 heteroatoms. The molecule has 0 aliphatic carbocycles.